The summed E-state index contributed by atoms with van der Waals surface area (Å²) in [6, 6.07) is 47.0. The second kappa shape index (κ2) is 18.2. The van der Waals surface area contributed by atoms with Crippen molar-refractivity contribution < 1.29 is 28.4 Å². The van der Waals surface area contributed by atoms with Crippen molar-refractivity contribution in [2.75, 3.05) is 13.7 Å². The van der Waals surface area contributed by atoms with E-state index < -0.39 is 29.9 Å². The number of ether oxygens (including phenoxy) is 6. The molecule has 0 amide bonds. The van der Waals surface area contributed by atoms with Gasteiger partial charge in [0.05, 0.1) is 40.1 Å². The first kappa shape index (κ1) is 34.9. The van der Waals surface area contributed by atoms with E-state index >= 15 is 0 Å². The molecule has 5 aromatic carbocycles. The van der Waals surface area contributed by atoms with Crippen molar-refractivity contribution in [3.63, 3.8) is 0 Å². The molecule has 0 unspecified atom stereocenters. The van der Waals surface area contributed by atoms with Crippen LogP contribution in [0.1, 0.15) is 27.8 Å². The van der Waals surface area contributed by atoms with Crippen molar-refractivity contribution in [3.05, 3.63) is 167 Å². The molecule has 1 fully saturated rings. The fraction of sp³-hybridized carbons (Fsp3) is 0.286. The lowest BCUT2D eigenvalue weighted by Gasteiger charge is -2.46. The standard InChI is InChI=1S/C42H44O6S/c1-31-18-24-37(25-19-31)49-42-41(47-28-34-16-10-5-11-17-34)40(46-29-35-20-22-36(43-2)23-21-35)39(45-27-33-14-8-4-9-15-33)38(48-42)30-44-26-32-12-6-3-7-13-32/h3-25,38-42H,26-30H2,1-2H3/t38-,39+,40+,41-,42+/m1/s1. The lowest BCUT2D eigenvalue weighted by atomic mass is 9.98. The predicted octanol–water partition coefficient (Wildman–Crippen LogP) is 8.79. The van der Waals surface area contributed by atoms with Gasteiger partial charge in [0, 0.05) is 4.90 Å². The van der Waals surface area contributed by atoms with E-state index in [4.69, 9.17) is 28.4 Å². The number of rotatable bonds is 16. The van der Waals surface area contributed by atoms with Gasteiger partial charge in [-0.1, -0.05) is 133 Å². The van der Waals surface area contributed by atoms with E-state index in [1.807, 2.05) is 78.9 Å². The second-order valence-electron chi connectivity index (χ2n) is 12.1. The first-order chi connectivity index (χ1) is 24.1. The summed E-state index contributed by atoms with van der Waals surface area (Å²) in [6.07, 6.45) is -1.84. The van der Waals surface area contributed by atoms with Crippen LogP contribution in [0.25, 0.3) is 0 Å². The molecule has 6 rings (SSSR count). The lowest BCUT2D eigenvalue weighted by molar-refractivity contribution is -0.254. The fourth-order valence-corrected chi connectivity index (χ4v) is 6.87. The van der Waals surface area contributed by atoms with E-state index in [0.29, 0.717) is 33.0 Å². The Kier molecular flexibility index (Phi) is 12.9. The average Bonchev–Trinajstić information content (AvgIpc) is 3.15. The van der Waals surface area contributed by atoms with E-state index in [2.05, 4.69) is 67.6 Å². The molecule has 49 heavy (non-hydrogen) atoms. The molecule has 6 nitrogen and oxygen atoms in total. The predicted molar refractivity (Wildman–Crippen MR) is 193 cm³/mol. The van der Waals surface area contributed by atoms with Crippen LogP contribution >= 0.6 is 11.8 Å². The Labute approximate surface area is 294 Å². The molecule has 1 aliphatic rings. The van der Waals surface area contributed by atoms with E-state index in [-0.39, 0.29) is 0 Å². The summed E-state index contributed by atoms with van der Waals surface area (Å²) < 4.78 is 39.2. The third-order valence-electron chi connectivity index (χ3n) is 8.43. The molecule has 0 bridgehead atoms. The van der Waals surface area contributed by atoms with Gasteiger partial charge in [-0.2, -0.15) is 0 Å². The molecule has 1 saturated heterocycles. The van der Waals surface area contributed by atoms with Crippen LogP contribution in [-0.2, 0) is 50.1 Å². The quantitative estimate of drug-likeness (QED) is 0.104. The van der Waals surface area contributed by atoms with E-state index in [1.54, 1.807) is 18.9 Å². The molecule has 0 spiro atoms. The van der Waals surface area contributed by atoms with Gasteiger partial charge in [0.25, 0.3) is 0 Å². The number of methoxy groups -OCH3 is 1. The van der Waals surface area contributed by atoms with Crippen molar-refractivity contribution in [2.45, 2.75) is 68.1 Å². The summed E-state index contributed by atoms with van der Waals surface area (Å²) in [5, 5.41) is 0. The molecule has 1 heterocycles. The number of thioether (sulfide) groups is 1. The monoisotopic (exact) mass is 676 g/mol. The Morgan fingerprint density at radius 1 is 0.531 bits per heavy atom. The largest absolute Gasteiger partial charge is 0.497 e. The van der Waals surface area contributed by atoms with Crippen LogP contribution in [0.15, 0.2) is 144 Å². The van der Waals surface area contributed by atoms with Gasteiger partial charge in [-0.3, -0.25) is 0 Å². The Morgan fingerprint density at radius 3 is 1.57 bits per heavy atom. The molecular formula is C42H44O6S. The third-order valence-corrected chi connectivity index (χ3v) is 9.59. The minimum absolute atomic E-state index is 0.326. The minimum atomic E-state index is -0.482. The molecule has 0 N–H and O–H groups in total. The van der Waals surface area contributed by atoms with Gasteiger partial charge in [-0.15, -0.1) is 0 Å². The lowest BCUT2D eigenvalue weighted by Crippen LogP contribution is -2.60. The van der Waals surface area contributed by atoms with Crippen LogP contribution in [0, 0.1) is 6.92 Å². The van der Waals surface area contributed by atoms with E-state index in [9.17, 15) is 0 Å². The highest BCUT2D eigenvalue weighted by molar-refractivity contribution is 7.99. The zero-order valence-electron chi connectivity index (χ0n) is 28.1. The van der Waals surface area contributed by atoms with Gasteiger partial charge in [0.15, 0.2) is 0 Å². The van der Waals surface area contributed by atoms with Crippen molar-refractivity contribution in [1.82, 2.24) is 0 Å². The zero-order chi connectivity index (χ0) is 33.7. The minimum Gasteiger partial charge on any atom is -0.497 e. The highest BCUT2D eigenvalue weighted by Crippen LogP contribution is 2.38. The SMILES string of the molecule is COc1ccc(CO[C@H]2[C@@H](OCc3ccccc3)[C@@H](COCc3ccccc3)O[C@@H](Sc3ccc(C)cc3)[C@@H]2OCc2ccccc2)cc1. The smallest absolute Gasteiger partial charge is 0.137 e. The third kappa shape index (κ3) is 10.3. The maximum Gasteiger partial charge on any atom is 0.137 e. The van der Waals surface area contributed by atoms with Crippen molar-refractivity contribution in [3.8, 4) is 5.75 Å². The first-order valence-electron chi connectivity index (χ1n) is 16.7. The fourth-order valence-electron chi connectivity index (χ4n) is 5.74. The van der Waals surface area contributed by atoms with Crippen molar-refractivity contribution in [1.29, 1.82) is 0 Å². The Bertz CT molecular complexity index is 1650. The molecule has 0 radical (unpaired) electrons. The Balaban J connectivity index is 1.32. The number of aryl methyl sites for hydroxylation is 1. The molecule has 254 valence electrons. The van der Waals surface area contributed by atoms with E-state index in [1.165, 1.54) is 5.56 Å². The van der Waals surface area contributed by atoms with Gasteiger partial charge in [-0.25, -0.2) is 0 Å². The first-order valence-corrected chi connectivity index (χ1v) is 17.6. The molecule has 5 aromatic rings. The van der Waals surface area contributed by atoms with Gasteiger partial charge in [0.2, 0.25) is 0 Å². The molecule has 1 aliphatic heterocycles. The molecule has 5 atom stereocenters. The molecule has 0 saturated carbocycles. The van der Waals surface area contributed by atoms with Crippen molar-refractivity contribution >= 4 is 11.8 Å². The maximum absolute atomic E-state index is 6.96. The Hall–Kier alpha value is -3.95. The summed E-state index contributed by atoms with van der Waals surface area (Å²) in [5.74, 6) is 0.799. The topological polar surface area (TPSA) is 55.4 Å². The zero-order valence-corrected chi connectivity index (χ0v) is 28.9. The molecule has 0 aliphatic carbocycles. The van der Waals surface area contributed by atoms with Gasteiger partial charge in [-0.05, 0) is 53.4 Å². The second-order valence-corrected chi connectivity index (χ2v) is 13.3. The van der Waals surface area contributed by atoms with Crippen LogP contribution < -0.4 is 4.74 Å². The average molecular weight is 677 g/mol. The normalized spacial score (nSPS) is 20.6. The van der Waals surface area contributed by atoms with Crippen LogP contribution in [-0.4, -0.2) is 43.6 Å². The summed E-state index contributed by atoms with van der Waals surface area (Å²) in [4.78, 5) is 1.09. The van der Waals surface area contributed by atoms with Gasteiger partial charge >= 0.3 is 0 Å². The van der Waals surface area contributed by atoms with Crippen molar-refractivity contribution in [2.24, 2.45) is 0 Å². The summed E-state index contributed by atoms with van der Waals surface area (Å²) >= 11 is 1.64. The molecule has 7 heteroatoms. The van der Waals surface area contributed by atoms with E-state index in [0.717, 1.165) is 32.9 Å². The van der Waals surface area contributed by atoms with Crippen LogP contribution in [0.5, 0.6) is 5.75 Å². The van der Waals surface area contributed by atoms with Gasteiger partial charge < -0.3 is 28.4 Å². The summed E-state index contributed by atoms with van der Waals surface area (Å²) in [7, 11) is 1.67. The van der Waals surface area contributed by atoms with Crippen LogP contribution in [0.2, 0.25) is 0 Å². The maximum atomic E-state index is 6.96. The highest BCUT2D eigenvalue weighted by Gasteiger charge is 2.49. The number of hydrogen-bond acceptors (Lipinski definition) is 7. The number of hydrogen-bond donors (Lipinski definition) is 0. The highest BCUT2D eigenvalue weighted by atomic mass is 32.2. The number of benzene rings is 5. The molecule has 0 aromatic heterocycles. The Morgan fingerprint density at radius 2 is 1.02 bits per heavy atom. The summed E-state index contributed by atoms with van der Waals surface area (Å²) in [5.41, 5.74) is 5.07. The van der Waals surface area contributed by atoms with Crippen LogP contribution in [0.3, 0.4) is 0 Å². The van der Waals surface area contributed by atoms with Gasteiger partial charge in [0.1, 0.15) is 35.6 Å². The molecular weight excluding hydrogens is 633 g/mol. The summed E-state index contributed by atoms with van der Waals surface area (Å²) in [6.45, 7) is 4.05. The van der Waals surface area contributed by atoms with Crippen LogP contribution in [0.4, 0.5) is 0 Å².